The largest absolute Gasteiger partial charge is 0.480 e. The van der Waals surface area contributed by atoms with Crippen LogP contribution in [0.3, 0.4) is 0 Å². The molecule has 0 aliphatic rings. The number of halogens is 1. The molecule has 0 saturated heterocycles. The second-order valence-electron chi connectivity index (χ2n) is 4.19. The molecule has 2 atom stereocenters. The van der Waals surface area contributed by atoms with Crippen LogP contribution in [0.4, 0.5) is 4.79 Å². The van der Waals surface area contributed by atoms with E-state index in [1.807, 2.05) is 0 Å². The minimum absolute atomic E-state index is 0.383. The summed E-state index contributed by atoms with van der Waals surface area (Å²) < 4.78 is 6.27. The Morgan fingerprint density at radius 1 is 1.35 bits per heavy atom. The molecule has 0 saturated carbocycles. The Kier molecular flexibility index (Phi) is 5.97. The van der Waals surface area contributed by atoms with Gasteiger partial charge in [0.1, 0.15) is 5.75 Å². The summed E-state index contributed by atoms with van der Waals surface area (Å²) >= 11 is 3.30. The van der Waals surface area contributed by atoms with Crippen molar-refractivity contribution in [1.29, 1.82) is 0 Å². The van der Waals surface area contributed by atoms with Crippen LogP contribution in [0.25, 0.3) is 0 Å². The molecule has 0 aliphatic carbocycles. The molecule has 110 valence electrons. The Morgan fingerprint density at radius 2 is 2.00 bits per heavy atom. The van der Waals surface area contributed by atoms with Crippen molar-refractivity contribution in [2.45, 2.75) is 26.1 Å². The average molecular weight is 345 g/mol. The van der Waals surface area contributed by atoms with Gasteiger partial charge in [-0.1, -0.05) is 22.0 Å². The van der Waals surface area contributed by atoms with Crippen molar-refractivity contribution >= 4 is 27.9 Å². The lowest BCUT2D eigenvalue weighted by atomic mass is 10.1. The molecule has 3 N–H and O–H groups in total. The molecule has 1 aromatic carbocycles. The third-order valence-corrected chi connectivity index (χ3v) is 3.06. The number of imide groups is 1. The number of amides is 3. The van der Waals surface area contributed by atoms with Crippen LogP contribution in [-0.4, -0.2) is 30.2 Å². The number of urea groups is 1. The normalized spacial score (nSPS) is 13.2. The summed E-state index contributed by atoms with van der Waals surface area (Å²) in [6.45, 7) is 3.12. The molecule has 0 radical (unpaired) electrons. The predicted octanol–water partition coefficient (Wildman–Crippen LogP) is 1.73. The zero-order valence-corrected chi connectivity index (χ0v) is 13.0. The van der Waals surface area contributed by atoms with Crippen molar-refractivity contribution in [2.75, 3.05) is 7.05 Å². The van der Waals surface area contributed by atoms with E-state index in [2.05, 4.69) is 26.6 Å². The van der Waals surface area contributed by atoms with Crippen molar-refractivity contribution in [2.24, 2.45) is 0 Å². The van der Waals surface area contributed by atoms with Gasteiger partial charge in [-0.3, -0.25) is 10.1 Å². The van der Waals surface area contributed by atoms with Crippen molar-refractivity contribution in [1.82, 2.24) is 10.6 Å². The maximum atomic E-state index is 11.7. The molecule has 3 amide bonds. The van der Waals surface area contributed by atoms with Crippen LogP contribution in [-0.2, 0) is 4.79 Å². The number of ether oxygens (including phenoxy) is 1. The van der Waals surface area contributed by atoms with E-state index in [4.69, 9.17) is 4.74 Å². The van der Waals surface area contributed by atoms with Crippen LogP contribution in [0.1, 0.15) is 25.5 Å². The summed E-state index contributed by atoms with van der Waals surface area (Å²) in [5.74, 6) is -0.185. The molecule has 0 bridgehead atoms. The fourth-order valence-electron chi connectivity index (χ4n) is 1.48. The molecule has 1 aromatic rings. The summed E-state index contributed by atoms with van der Waals surface area (Å²) in [7, 11) is 1.41. The molecule has 20 heavy (non-hydrogen) atoms. The monoisotopic (exact) mass is 344 g/mol. The molecule has 0 fully saturated rings. The molecule has 1 unspecified atom stereocenters. The first-order chi connectivity index (χ1) is 9.35. The zero-order chi connectivity index (χ0) is 15.3. The van der Waals surface area contributed by atoms with E-state index < -0.39 is 24.1 Å². The number of aliphatic hydroxyl groups is 1. The van der Waals surface area contributed by atoms with Gasteiger partial charge in [0.15, 0.2) is 6.10 Å². The molecule has 0 aliphatic heterocycles. The molecular weight excluding hydrogens is 328 g/mol. The number of aliphatic hydroxyl groups excluding tert-OH is 1. The Hall–Kier alpha value is -1.60. The number of rotatable bonds is 4. The molecule has 0 heterocycles. The summed E-state index contributed by atoms with van der Waals surface area (Å²) in [4.78, 5) is 22.8. The number of benzene rings is 1. The van der Waals surface area contributed by atoms with Gasteiger partial charge >= 0.3 is 6.03 Å². The van der Waals surface area contributed by atoms with Crippen molar-refractivity contribution in [3.05, 3.63) is 28.2 Å². The predicted molar refractivity (Wildman–Crippen MR) is 77.5 cm³/mol. The zero-order valence-electron chi connectivity index (χ0n) is 11.4. The van der Waals surface area contributed by atoms with Gasteiger partial charge < -0.3 is 15.2 Å². The molecule has 7 heteroatoms. The molecule has 0 aromatic heterocycles. The number of nitrogens with one attached hydrogen (secondary N) is 2. The SMILES string of the molecule is CNC(=O)NC(=O)C(C)Oc1cc(Br)ccc1[C@@H](C)O. The summed E-state index contributed by atoms with van der Waals surface area (Å²) in [6, 6.07) is 4.53. The lowest BCUT2D eigenvalue weighted by molar-refractivity contribution is -0.126. The first-order valence-corrected chi connectivity index (χ1v) is 6.81. The second-order valence-corrected chi connectivity index (χ2v) is 5.10. The topological polar surface area (TPSA) is 87.7 Å². The van der Waals surface area contributed by atoms with Crippen LogP contribution in [0, 0.1) is 0 Å². The van der Waals surface area contributed by atoms with E-state index in [9.17, 15) is 14.7 Å². The van der Waals surface area contributed by atoms with E-state index in [1.54, 1.807) is 25.1 Å². The van der Waals surface area contributed by atoms with Gasteiger partial charge in [0.05, 0.1) is 6.10 Å². The van der Waals surface area contributed by atoms with Gasteiger partial charge in [-0.2, -0.15) is 0 Å². The number of hydrogen-bond acceptors (Lipinski definition) is 4. The smallest absolute Gasteiger partial charge is 0.321 e. The van der Waals surface area contributed by atoms with Crippen LogP contribution in [0.5, 0.6) is 5.75 Å². The number of hydrogen-bond donors (Lipinski definition) is 3. The van der Waals surface area contributed by atoms with Gasteiger partial charge in [0, 0.05) is 17.1 Å². The Labute approximate surface area is 125 Å². The van der Waals surface area contributed by atoms with E-state index in [-0.39, 0.29) is 0 Å². The highest BCUT2D eigenvalue weighted by Crippen LogP contribution is 2.29. The fourth-order valence-corrected chi connectivity index (χ4v) is 1.82. The van der Waals surface area contributed by atoms with E-state index in [1.165, 1.54) is 14.0 Å². The van der Waals surface area contributed by atoms with Crippen LogP contribution in [0.15, 0.2) is 22.7 Å². The van der Waals surface area contributed by atoms with E-state index in [0.29, 0.717) is 11.3 Å². The number of carbonyl (C=O) groups is 2. The summed E-state index contributed by atoms with van der Waals surface area (Å²) in [5.41, 5.74) is 0.563. The highest BCUT2D eigenvalue weighted by atomic mass is 79.9. The Morgan fingerprint density at radius 3 is 2.55 bits per heavy atom. The average Bonchev–Trinajstić information content (AvgIpc) is 2.38. The van der Waals surface area contributed by atoms with Crippen molar-refractivity contribution in [3.63, 3.8) is 0 Å². The minimum Gasteiger partial charge on any atom is -0.480 e. The van der Waals surface area contributed by atoms with Gasteiger partial charge in [-0.15, -0.1) is 0 Å². The van der Waals surface area contributed by atoms with Gasteiger partial charge in [-0.25, -0.2) is 4.79 Å². The van der Waals surface area contributed by atoms with Crippen LogP contribution in [0.2, 0.25) is 0 Å². The van der Waals surface area contributed by atoms with Crippen LogP contribution < -0.4 is 15.4 Å². The van der Waals surface area contributed by atoms with Gasteiger partial charge in [0.2, 0.25) is 0 Å². The van der Waals surface area contributed by atoms with Crippen molar-refractivity contribution in [3.8, 4) is 5.75 Å². The standard InChI is InChI=1S/C13H17BrN2O4/c1-7(17)10-5-4-9(14)6-11(10)20-8(2)12(18)16-13(19)15-3/h4-8,17H,1-3H3,(H2,15,16,18,19)/t7-,8?/m1/s1. The summed E-state index contributed by atoms with van der Waals surface area (Å²) in [6.07, 6.45) is -1.61. The molecule has 0 spiro atoms. The maximum absolute atomic E-state index is 11.7. The quantitative estimate of drug-likeness (QED) is 0.776. The lowest BCUT2D eigenvalue weighted by Crippen LogP contribution is -2.44. The Balaban J connectivity index is 2.84. The second kappa shape index (κ2) is 7.25. The third kappa shape index (κ3) is 4.50. The molecule has 6 nitrogen and oxygen atoms in total. The van der Waals surface area contributed by atoms with Gasteiger partial charge in [0.25, 0.3) is 5.91 Å². The van der Waals surface area contributed by atoms with Crippen molar-refractivity contribution < 1.29 is 19.4 Å². The first-order valence-electron chi connectivity index (χ1n) is 6.02. The van der Waals surface area contributed by atoms with E-state index >= 15 is 0 Å². The minimum atomic E-state index is -0.876. The highest BCUT2D eigenvalue weighted by molar-refractivity contribution is 9.10. The maximum Gasteiger partial charge on any atom is 0.321 e. The highest BCUT2D eigenvalue weighted by Gasteiger charge is 2.19. The van der Waals surface area contributed by atoms with Crippen LogP contribution >= 0.6 is 15.9 Å². The first kappa shape index (κ1) is 16.5. The molecular formula is C13H17BrN2O4. The Bertz CT molecular complexity index is 505. The lowest BCUT2D eigenvalue weighted by Gasteiger charge is -2.18. The van der Waals surface area contributed by atoms with E-state index in [0.717, 1.165) is 4.47 Å². The molecule has 1 rings (SSSR count). The summed E-state index contributed by atoms with van der Waals surface area (Å²) in [5, 5.41) is 14.1. The number of carbonyl (C=O) groups excluding carboxylic acids is 2. The fraction of sp³-hybridized carbons (Fsp3) is 0.385. The third-order valence-electron chi connectivity index (χ3n) is 2.56. The van der Waals surface area contributed by atoms with Gasteiger partial charge in [-0.05, 0) is 26.0 Å².